The van der Waals surface area contributed by atoms with Gasteiger partial charge in [-0.05, 0) is 55.5 Å². The number of hydrogen-bond acceptors (Lipinski definition) is 5. The molecule has 0 radical (unpaired) electrons. The monoisotopic (exact) mass is 373 g/mol. The number of hydrogen-bond donors (Lipinski definition) is 1. The molecular weight excluding hydrogens is 353 g/mol. The predicted octanol–water partition coefficient (Wildman–Crippen LogP) is 3.37. The third-order valence-electron chi connectivity index (χ3n) is 3.54. The second kappa shape index (κ2) is 10.1. The Morgan fingerprint density at radius 3 is 2.26 bits per heavy atom. The maximum Gasteiger partial charge on any atom is 0.306 e. The Balaban J connectivity index is 1.70. The van der Waals surface area contributed by atoms with Crippen LogP contribution in [-0.4, -0.2) is 30.9 Å². The average molecular weight is 373 g/mol. The van der Waals surface area contributed by atoms with E-state index in [1.807, 2.05) is 6.92 Å². The molecule has 0 aliphatic rings. The summed E-state index contributed by atoms with van der Waals surface area (Å²) >= 11 is 0. The summed E-state index contributed by atoms with van der Waals surface area (Å²) in [6, 6.07) is 11.8. The molecule has 27 heavy (non-hydrogen) atoms. The normalized spacial score (nSPS) is 10.1. The first-order valence-corrected chi connectivity index (χ1v) is 8.45. The Kier molecular flexibility index (Phi) is 7.49. The van der Waals surface area contributed by atoms with E-state index in [0.717, 1.165) is 12.1 Å². The van der Waals surface area contributed by atoms with Gasteiger partial charge in [0.25, 0.3) is 0 Å². The largest absolute Gasteiger partial charge is 0.494 e. The Morgan fingerprint density at radius 2 is 1.63 bits per heavy atom. The van der Waals surface area contributed by atoms with Crippen LogP contribution in [0.4, 0.5) is 10.1 Å². The van der Waals surface area contributed by atoms with Gasteiger partial charge < -0.3 is 14.8 Å². The van der Waals surface area contributed by atoms with Gasteiger partial charge in [0, 0.05) is 17.7 Å². The molecule has 0 saturated carbocycles. The Bertz CT molecular complexity index is 787. The van der Waals surface area contributed by atoms with Crippen molar-refractivity contribution in [1.82, 2.24) is 0 Å². The van der Waals surface area contributed by atoms with Gasteiger partial charge in [-0.2, -0.15) is 0 Å². The third-order valence-corrected chi connectivity index (χ3v) is 3.54. The highest BCUT2D eigenvalue weighted by atomic mass is 19.1. The van der Waals surface area contributed by atoms with Crippen molar-refractivity contribution in [2.75, 3.05) is 18.5 Å². The molecule has 0 aliphatic carbocycles. The van der Waals surface area contributed by atoms with E-state index in [0.29, 0.717) is 18.0 Å². The highest BCUT2D eigenvalue weighted by Crippen LogP contribution is 2.16. The number of carbonyl (C=O) groups excluding carboxylic acids is 3. The fourth-order valence-electron chi connectivity index (χ4n) is 2.18. The van der Waals surface area contributed by atoms with E-state index in [4.69, 9.17) is 9.47 Å². The van der Waals surface area contributed by atoms with Crippen LogP contribution in [0.2, 0.25) is 0 Å². The van der Waals surface area contributed by atoms with Crippen LogP contribution in [0.15, 0.2) is 48.5 Å². The minimum absolute atomic E-state index is 0.0726. The number of ketones is 1. The summed E-state index contributed by atoms with van der Waals surface area (Å²) in [6.45, 7) is 1.98. The van der Waals surface area contributed by atoms with Crippen molar-refractivity contribution >= 4 is 23.3 Å². The molecule has 2 rings (SSSR count). The SMILES string of the molecule is CCOc1ccc(NC(=O)CCC(=O)OCC(=O)c2ccc(F)cc2)cc1. The number of anilines is 1. The number of Topliss-reactive ketones (excluding diaryl/α,β-unsaturated/α-hetero) is 1. The first-order chi connectivity index (χ1) is 13.0. The molecule has 0 heterocycles. The van der Waals surface area contributed by atoms with Gasteiger partial charge in [-0.3, -0.25) is 14.4 Å². The van der Waals surface area contributed by atoms with Crippen molar-refractivity contribution in [3.05, 3.63) is 59.9 Å². The average Bonchev–Trinajstić information content (AvgIpc) is 2.67. The number of esters is 1. The number of nitrogens with one attached hydrogen (secondary N) is 1. The Labute approximate surface area is 156 Å². The van der Waals surface area contributed by atoms with Crippen LogP contribution in [0.3, 0.4) is 0 Å². The zero-order valence-corrected chi connectivity index (χ0v) is 14.9. The second-order valence-corrected chi connectivity index (χ2v) is 5.60. The van der Waals surface area contributed by atoms with Crippen LogP contribution in [0, 0.1) is 5.82 Å². The second-order valence-electron chi connectivity index (χ2n) is 5.60. The lowest BCUT2D eigenvalue weighted by molar-refractivity contribution is -0.143. The Hall–Kier alpha value is -3.22. The van der Waals surface area contributed by atoms with Gasteiger partial charge in [0.05, 0.1) is 13.0 Å². The van der Waals surface area contributed by atoms with Crippen LogP contribution in [0.5, 0.6) is 5.75 Å². The highest BCUT2D eigenvalue weighted by molar-refractivity contribution is 5.98. The smallest absolute Gasteiger partial charge is 0.306 e. The molecule has 142 valence electrons. The Morgan fingerprint density at radius 1 is 0.963 bits per heavy atom. The summed E-state index contributed by atoms with van der Waals surface area (Å²) in [7, 11) is 0. The zero-order chi connectivity index (χ0) is 19.6. The number of ether oxygens (including phenoxy) is 2. The molecule has 6 nitrogen and oxygen atoms in total. The highest BCUT2D eigenvalue weighted by Gasteiger charge is 2.12. The molecule has 0 spiro atoms. The maximum atomic E-state index is 12.8. The van der Waals surface area contributed by atoms with Crippen molar-refractivity contribution in [3.63, 3.8) is 0 Å². The van der Waals surface area contributed by atoms with Gasteiger partial charge >= 0.3 is 5.97 Å². The van der Waals surface area contributed by atoms with Crippen LogP contribution in [0.1, 0.15) is 30.1 Å². The van der Waals surface area contributed by atoms with Crippen molar-refractivity contribution in [3.8, 4) is 5.75 Å². The first kappa shape index (κ1) is 20.1. The van der Waals surface area contributed by atoms with Crippen molar-refractivity contribution in [2.45, 2.75) is 19.8 Å². The summed E-state index contributed by atoms with van der Waals surface area (Å²) < 4.78 is 23.0. The van der Waals surface area contributed by atoms with E-state index in [9.17, 15) is 18.8 Å². The van der Waals surface area contributed by atoms with Gasteiger partial charge in [0.1, 0.15) is 11.6 Å². The van der Waals surface area contributed by atoms with Gasteiger partial charge in [-0.25, -0.2) is 4.39 Å². The molecule has 1 amide bonds. The standard InChI is InChI=1S/C20H20FNO5/c1-2-26-17-9-7-16(8-10-17)22-19(24)11-12-20(25)27-13-18(23)14-3-5-15(21)6-4-14/h3-10H,2,11-13H2,1H3,(H,22,24). The van der Waals surface area contributed by atoms with E-state index < -0.39 is 24.2 Å². The summed E-state index contributed by atoms with van der Waals surface area (Å²) in [6.07, 6.45) is -0.226. The molecule has 1 N–H and O–H groups in total. The van der Waals surface area contributed by atoms with E-state index in [1.165, 1.54) is 12.1 Å². The molecule has 0 atom stereocenters. The summed E-state index contributed by atoms with van der Waals surface area (Å²) in [5.74, 6) is -1.21. The van der Waals surface area contributed by atoms with Crippen molar-refractivity contribution in [1.29, 1.82) is 0 Å². The molecule has 0 bridgehead atoms. The van der Waals surface area contributed by atoms with Gasteiger partial charge in [0.15, 0.2) is 12.4 Å². The van der Waals surface area contributed by atoms with Crippen molar-refractivity contribution < 1.29 is 28.2 Å². The summed E-state index contributed by atoms with van der Waals surface area (Å²) in [5.41, 5.74) is 0.834. The first-order valence-electron chi connectivity index (χ1n) is 8.45. The summed E-state index contributed by atoms with van der Waals surface area (Å²) in [4.78, 5) is 35.4. The molecule has 7 heteroatoms. The fourth-order valence-corrected chi connectivity index (χ4v) is 2.18. The number of rotatable bonds is 9. The van der Waals surface area contributed by atoms with E-state index >= 15 is 0 Å². The van der Waals surface area contributed by atoms with Crippen molar-refractivity contribution in [2.24, 2.45) is 0 Å². The minimum Gasteiger partial charge on any atom is -0.494 e. The quantitative estimate of drug-likeness (QED) is 0.538. The van der Waals surface area contributed by atoms with Crippen LogP contribution >= 0.6 is 0 Å². The third kappa shape index (κ3) is 6.89. The minimum atomic E-state index is -0.660. The van der Waals surface area contributed by atoms with E-state index in [1.54, 1.807) is 24.3 Å². The lowest BCUT2D eigenvalue weighted by Crippen LogP contribution is -2.17. The lowest BCUT2D eigenvalue weighted by Gasteiger charge is -2.07. The predicted molar refractivity (Wildman–Crippen MR) is 97.2 cm³/mol. The number of benzene rings is 2. The van der Waals surface area contributed by atoms with E-state index in [-0.39, 0.29) is 24.3 Å². The zero-order valence-electron chi connectivity index (χ0n) is 14.9. The number of carbonyl (C=O) groups is 3. The van der Waals surface area contributed by atoms with Gasteiger partial charge in [-0.1, -0.05) is 0 Å². The maximum absolute atomic E-state index is 12.8. The van der Waals surface area contributed by atoms with Crippen LogP contribution in [-0.2, 0) is 14.3 Å². The molecule has 0 aromatic heterocycles. The summed E-state index contributed by atoms with van der Waals surface area (Å²) in [5, 5.41) is 2.66. The fraction of sp³-hybridized carbons (Fsp3) is 0.250. The molecule has 0 unspecified atom stereocenters. The molecule has 2 aromatic carbocycles. The number of amides is 1. The molecule has 0 saturated heterocycles. The van der Waals surface area contributed by atoms with Gasteiger partial charge in [-0.15, -0.1) is 0 Å². The topological polar surface area (TPSA) is 81.7 Å². The van der Waals surface area contributed by atoms with E-state index in [2.05, 4.69) is 5.32 Å². The molecule has 2 aromatic rings. The lowest BCUT2D eigenvalue weighted by atomic mass is 10.1. The molecule has 0 aliphatic heterocycles. The molecule has 0 fully saturated rings. The van der Waals surface area contributed by atoms with Gasteiger partial charge in [0.2, 0.25) is 5.91 Å². The number of halogens is 1. The van der Waals surface area contributed by atoms with Crippen LogP contribution < -0.4 is 10.1 Å². The molecular formula is C20H20FNO5. The van der Waals surface area contributed by atoms with Crippen LogP contribution in [0.25, 0.3) is 0 Å².